The lowest BCUT2D eigenvalue weighted by Crippen LogP contribution is -1.99. The molecule has 2 rings (SSSR count). The molecule has 17 heavy (non-hydrogen) atoms. The SMILES string of the molecule is CCC(=O)c1ccn(CCc2ccccc2)c1. The van der Waals surface area contributed by atoms with E-state index in [0.29, 0.717) is 6.42 Å². The smallest absolute Gasteiger partial charge is 0.164 e. The minimum Gasteiger partial charge on any atom is -0.353 e. The molecule has 0 atom stereocenters. The van der Waals surface area contributed by atoms with E-state index in [9.17, 15) is 4.79 Å². The van der Waals surface area contributed by atoms with Crippen LogP contribution >= 0.6 is 0 Å². The predicted molar refractivity (Wildman–Crippen MR) is 69.2 cm³/mol. The highest BCUT2D eigenvalue weighted by Crippen LogP contribution is 2.07. The topological polar surface area (TPSA) is 22.0 Å². The summed E-state index contributed by atoms with van der Waals surface area (Å²) in [6.45, 7) is 2.81. The highest BCUT2D eigenvalue weighted by atomic mass is 16.1. The summed E-state index contributed by atoms with van der Waals surface area (Å²) in [6.07, 6.45) is 5.48. The van der Waals surface area contributed by atoms with Crippen LogP contribution in [-0.4, -0.2) is 10.4 Å². The van der Waals surface area contributed by atoms with Crippen molar-refractivity contribution >= 4 is 5.78 Å². The Bertz CT molecular complexity index is 485. The molecule has 0 N–H and O–H groups in total. The van der Waals surface area contributed by atoms with Crippen molar-refractivity contribution in [3.63, 3.8) is 0 Å². The van der Waals surface area contributed by atoms with Gasteiger partial charge in [-0.3, -0.25) is 4.79 Å². The fraction of sp³-hybridized carbons (Fsp3) is 0.267. The van der Waals surface area contributed by atoms with Gasteiger partial charge in [-0.2, -0.15) is 0 Å². The van der Waals surface area contributed by atoms with Crippen LogP contribution in [0.4, 0.5) is 0 Å². The number of carbonyl (C=O) groups is 1. The molecular formula is C15H17NO. The molecule has 0 aliphatic heterocycles. The molecule has 2 heteroatoms. The number of ketones is 1. The molecule has 0 unspecified atom stereocenters. The van der Waals surface area contributed by atoms with Gasteiger partial charge in [0.05, 0.1) is 0 Å². The van der Waals surface area contributed by atoms with Crippen LogP contribution in [0.5, 0.6) is 0 Å². The molecule has 0 aliphatic carbocycles. The fourth-order valence-electron chi connectivity index (χ4n) is 1.85. The van der Waals surface area contributed by atoms with E-state index in [1.165, 1.54) is 5.56 Å². The first-order chi connectivity index (χ1) is 8.29. The third-order valence-electron chi connectivity index (χ3n) is 2.90. The molecule has 0 fully saturated rings. The van der Waals surface area contributed by atoms with Gasteiger partial charge in [-0.1, -0.05) is 37.3 Å². The van der Waals surface area contributed by atoms with E-state index in [1.807, 2.05) is 31.5 Å². The molecule has 2 aromatic rings. The van der Waals surface area contributed by atoms with Gasteiger partial charge < -0.3 is 4.57 Å². The molecule has 0 saturated heterocycles. The normalized spacial score (nSPS) is 10.4. The summed E-state index contributed by atoms with van der Waals surface area (Å²) >= 11 is 0. The van der Waals surface area contributed by atoms with Gasteiger partial charge in [0.15, 0.2) is 5.78 Å². The van der Waals surface area contributed by atoms with Crippen LogP contribution in [0.15, 0.2) is 48.8 Å². The van der Waals surface area contributed by atoms with Crippen LogP contribution in [0.1, 0.15) is 29.3 Å². The molecule has 1 heterocycles. The summed E-state index contributed by atoms with van der Waals surface area (Å²) in [5, 5.41) is 0. The Hall–Kier alpha value is -1.83. The standard InChI is InChI=1S/C15H17NO/c1-2-15(17)14-9-11-16(12-14)10-8-13-6-4-3-5-7-13/h3-7,9,11-12H,2,8,10H2,1H3. The molecule has 0 amide bonds. The molecule has 0 spiro atoms. The first-order valence-electron chi connectivity index (χ1n) is 6.02. The molecule has 0 radical (unpaired) electrons. The van der Waals surface area contributed by atoms with E-state index in [0.717, 1.165) is 18.5 Å². The van der Waals surface area contributed by atoms with Gasteiger partial charge in [-0.25, -0.2) is 0 Å². The van der Waals surface area contributed by atoms with E-state index in [1.54, 1.807) is 0 Å². The Kier molecular flexibility index (Phi) is 3.76. The summed E-state index contributed by atoms with van der Waals surface area (Å²) in [4.78, 5) is 11.5. The Morgan fingerprint density at radius 1 is 1.18 bits per heavy atom. The largest absolute Gasteiger partial charge is 0.353 e. The number of rotatable bonds is 5. The van der Waals surface area contributed by atoms with Gasteiger partial charge in [0.2, 0.25) is 0 Å². The van der Waals surface area contributed by atoms with Crippen LogP contribution in [0, 0.1) is 0 Å². The lowest BCUT2D eigenvalue weighted by Gasteiger charge is -2.02. The second-order valence-electron chi connectivity index (χ2n) is 4.15. The number of aromatic nitrogens is 1. The molecule has 2 nitrogen and oxygen atoms in total. The van der Waals surface area contributed by atoms with E-state index >= 15 is 0 Å². The monoisotopic (exact) mass is 227 g/mol. The van der Waals surface area contributed by atoms with Crippen LogP contribution < -0.4 is 0 Å². The second-order valence-corrected chi connectivity index (χ2v) is 4.15. The summed E-state index contributed by atoms with van der Waals surface area (Å²) in [5.41, 5.74) is 2.14. The molecular weight excluding hydrogens is 210 g/mol. The number of carbonyl (C=O) groups excluding carboxylic acids is 1. The highest BCUT2D eigenvalue weighted by molar-refractivity contribution is 5.95. The molecule has 0 aliphatic rings. The van der Waals surface area contributed by atoms with Crippen molar-refractivity contribution in [3.8, 4) is 0 Å². The third-order valence-corrected chi connectivity index (χ3v) is 2.90. The van der Waals surface area contributed by atoms with Crippen molar-refractivity contribution in [1.82, 2.24) is 4.57 Å². The average Bonchev–Trinajstić information content (AvgIpc) is 2.85. The number of Topliss-reactive ketones (excluding diaryl/α,β-unsaturated/α-hetero) is 1. The number of nitrogens with zero attached hydrogens (tertiary/aromatic N) is 1. The maximum absolute atomic E-state index is 11.5. The van der Waals surface area contributed by atoms with Crippen molar-refractivity contribution < 1.29 is 4.79 Å². The average molecular weight is 227 g/mol. The van der Waals surface area contributed by atoms with Gasteiger partial charge >= 0.3 is 0 Å². The van der Waals surface area contributed by atoms with Gasteiger partial charge in [0, 0.05) is 30.9 Å². The van der Waals surface area contributed by atoms with Crippen molar-refractivity contribution in [1.29, 1.82) is 0 Å². The van der Waals surface area contributed by atoms with Crippen molar-refractivity contribution in [3.05, 3.63) is 59.9 Å². The van der Waals surface area contributed by atoms with Gasteiger partial charge in [0.25, 0.3) is 0 Å². The number of hydrogen-bond donors (Lipinski definition) is 0. The van der Waals surface area contributed by atoms with E-state index in [2.05, 4.69) is 28.8 Å². The first kappa shape index (κ1) is 11.6. The fourth-order valence-corrected chi connectivity index (χ4v) is 1.85. The lowest BCUT2D eigenvalue weighted by atomic mass is 10.1. The number of benzene rings is 1. The van der Waals surface area contributed by atoms with Gasteiger partial charge in [0.1, 0.15) is 0 Å². The zero-order valence-corrected chi connectivity index (χ0v) is 10.1. The third kappa shape index (κ3) is 3.06. The zero-order valence-electron chi connectivity index (χ0n) is 10.1. The lowest BCUT2D eigenvalue weighted by molar-refractivity contribution is 0.0988. The Balaban J connectivity index is 1.96. The van der Waals surface area contributed by atoms with Crippen LogP contribution in [-0.2, 0) is 13.0 Å². The zero-order chi connectivity index (χ0) is 12.1. The maximum atomic E-state index is 11.5. The molecule has 88 valence electrons. The Morgan fingerprint density at radius 2 is 1.94 bits per heavy atom. The number of hydrogen-bond acceptors (Lipinski definition) is 1. The molecule has 1 aromatic heterocycles. The van der Waals surface area contributed by atoms with Gasteiger partial charge in [-0.15, -0.1) is 0 Å². The van der Waals surface area contributed by atoms with E-state index < -0.39 is 0 Å². The van der Waals surface area contributed by atoms with E-state index in [-0.39, 0.29) is 5.78 Å². The molecule has 0 saturated carbocycles. The predicted octanol–water partition coefficient (Wildman–Crippen LogP) is 3.32. The minimum atomic E-state index is 0.212. The highest BCUT2D eigenvalue weighted by Gasteiger charge is 2.04. The second kappa shape index (κ2) is 5.48. The van der Waals surface area contributed by atoms with Crippen LogP contribution in [0.2, 0.25) is 0 Å². The summed E-state index contributed by atoms with van der Waals surface area (Å²) in [6, 6.07) is 12.3. The van der Waals surface area contributed by atoms with Crippen molar-refractivity contribution in [2.24, 2.45) is 0 Å². The quantitative estimate of drug-likeness (QED) is 0.718. The van der Waals surface area contributed by atoms with Crippen molar-refractivity contribution in [2.45, 2.75) is 26.3 Å². The first-order valence-corrected chi connectivity index (χ1v) is 6.02. The Morgan fingerprint density at radius 3 is 2.65 bits per heavy atom. The molecule has 1 aromatic carbocycles. The van der Waals surface area contributed by atoms with Crippen molar-refractivity contribution in [2.75, 3.05) is 0 Å². The summed E-state index contributed by atoms with van der Waals surface area (Å²) in [7, 11) is 0. The maximum Gasteiger partial charge on any atom is 0.164 e. The van der Waals surface area contributed by atoms with Gasteiger partial charge in [-0.05, 0) is 18.1 Å². The van der Waals surface area contributed by atoms with Crippen LogP contribution in [0.3, 0.4) is 0 Å². The van der Waals surface area contributed by atoms with Crippen LogP contribution in [0.25, 0.3) is 0 Å². The number of aryl methyl sites for hydroxylation is 2. The minimum absolute atomic E-state index is 0.212. The van der Waals surface area contributed by atoms with E-state index in [4.69, 9.17) is 0 Å². The summed E-state index contributed by atoms with van der Waals surface area (Å²) in [5.74, 6) is 0.212. The molecule has 0 bridgehead atoms. The Labute approximate surface area is 102 Å². The summed E-state index contributed by atoms with van der Waals surface area (Å²) < 4.78 is 2.08.